The number of nitrogens with one attached hydrogen (secondary N) is 1. The molecule has 1 amide bonds. The van der Waals surface area contributed by atoms with E-state index in [0.29, 0.717) is 17.9 Å². The van der Waals surface area contributed by atoms with Crippen LogP contribution in [0.2, 0.25) is 0 Å². The second kappa shape index (κ2) is 12.2. The molecule has 0 aromatic heterocycles. The molecule has 3 aromatic carbocycles. The summed E-state index contributed by atoms with van der Waals surface area (Å²) in [6, 6.07) is 19.1. The third-order valence-electron chi connectivity index (χ3n) is 7.04. The number of benzene rings is 3. The van der Waals surface area contributed by atoms with Gasteiger partial charge in [-0.2, -0.15) is 0 Å². The molecule has 1 saturated carbocycles. The lowest BCUT2D eigenvalue weighted by molar-refractivity contribution is -0.275. The average Bonchev–Trinajstić information content (AvgIpc) is 3.40. The monoisotopic (exact) mass is 565 g/mol. The first-order chi connectivity index (χ1) is 18.9. The number of amides is 1. The van der Waals surface area contributed by atoms with Gasteiger partial charge in [0.25, 0.3) is 0 Å². The summed E-state index contributed by atoms with van der Waals surface area (Å²) in [6.45, 7) is 0. The SMILES string of the molecule is O=C(CCC1CCCC1)NC(Cc1ccccc1)(c1cccc(OC(F)(F)F)c1)c1cccc(OC(F)(F)F)c1. The van der Waals surface area contributed by atoms with E-state index in [9.17, 15) is 31.1 Å². The molecule has 0 saturated heterocycles. The summed E-state index contributed by atoms with van der Waals surface area (Å²) in [4.78, 5) is 13.4. The van der Waals surface area contributed by atoms with Crippen LogP contribution in [0.3, 0.4) is 0 Å². The van der Waals surface area contributed by atoms with Gasteiger partial charge >= 0.3 is 12.7 Å². The van der Waals surface area contributed by atoms with Crippen LogP contribution in [0.1, 0.15) is 55.2 Å². The summed E-state index contributed by atoms with van der Waals surface area (Å²) in [6.07, 6.45) is -4.84. The van der Waals surface area contributed by atoms with Gasteiger partial charge in [0.2, 0.25) is 5.91 Å². The van der Waals surface area contributed by atoms with E-state index in [0.717, 1.165) is 49.9 Å². The Bertz CT molecular complexity index is 1210. The Morgan fingerprint density at radius 2 is 1.27 bits per heavy atom. The van der Waals surface area contributed by atoms with E-state index in [1.807, 2.05) is 0 Å². The van der Waals surface area contributed by atoms with Crippen LogP contribution >= 0.6 is 0 Å². The van der Waals surface area contributed by atoms with Crippen LogP contribution < -0.4 is 14.8 Å². The molecule has 1 fully saturated rings. The minimum absolute atomic E-state index is 0.0357. The summed E-state index contributed by atoms with van der Waals surface area (Å²) in [5, 5.41) is 3.00. The standard InChI is InChI=1S/C30H29F6NO3/c31-29(32,33)39-25-14-6-12-23(18-25)28(20-22-10-2-1-3-11-22,37-27(38)17-16-21-8-4-5-9-21)24-13-7-15-26(19-24)40-30(34,35)36/h1-3,6-7,10-15,18-19,21H,4-5,8-9,16-17,20H2,(H,37,38). The van der Waals surface area contributed by atoms with Gasteiger partial charge in [-0.05, 0) is 53.3 Å². The van der Waals surface area contributed by atoms with E-state index in [-0.39, 0.29) is 29.9 Å². The van der Waals surface area contributed by atoms with Crippen molar-refractivity contribution in [3.63, 3.8) is 0 Å². The molecule has 0 radical (unpaired) electrons. The molecule has 4 nitrogen and oxygen atoms in total. The number of hydrogen-bond acceptors (Lipinski definition) is 3. The highest BCUT2D eigenvalue weighted by atomic mass is 19.4. The van der Waals surface area contributed by atoms with Gasteiger partial charge < -0.3 is 14.8 Å². The van der Waals surface area contributed by atoms with Gasteiger partial charge in [0.05, 0.1) is 5.54 Å². The lowest BCUT2D eigenvalue weighted by Crippen LogP contribution is -2.48. The summed E-state index contributed by atoms with van der Waals surface area (Å²) >= 11 is 0. The number of carbonyl (C=O) groups is 1. The molecule has 1 aliphatic carbocycles. The van der Waals surface area contributed by atoms with Crippen LogP contribution in [0.25, 0.3) is 0 Å². The van der Waals surface area contributed by atoms with Crippen LogP contribution in [0.5, 0.6) is 11.5 Å². The molecule has 40 heavy (non-hydrogen) atoms. The molecule has 4 rings (SSSR count). The maximum Gasteiger partial charge on any atom is 0.573 e. The Morgan fingerprint density at radius 1 is 0.750 bits per heavy atom. The summed E-state index contributed by atoms with van der Waals surface area (Å²) in [7, 11) is 0. The van der Waals surface area contributed by atoms with Gasteiger partial charge in [-0.3, -0.25) is 4.79 Å². The summed E-state index contributed by atoms with van der Waals surface area (Å²) in [5.41, 5.74) is -0.444. The molecule has 0 heterocycles. The zero-order valence-corrected chi connectivity index (χ0v) is 21.5. The van der Waals surface area contributed by atoms with Gasteiger partial charge in [-0.25, -0.2) is 0 Å². The zero-order chi connectivity index (χ0) is 28.8. The minimum Gasteiger partial charge on any atom is -0.406 e. The smallest absolute Gasteiger partial charge is 0.406 e. The van der Waals surface area contributed by atoms with Crippen molar-refractivity contribution >= 4 is 5.91 Å². The number of hydrogen-bond donors (Lipinski definition) is 1. The maximum atomic E-state index is 13.4. The third kappa shape index (κ3) is 8.16. The molecule has 0 spiro atoms. The van der Waals surface area contributed by atoms with Crippen molar-refractivity contribution in [2.75, 3.05) is 0 Å². The molecule has 0 aliphatic heterocycles. The minimum atomic E-state index is -4.97. The Labute approximate surface area is 228 Å². The van der Waals surface area contributed by atoms with Crippen LogP contribution in [-0.4, -0.2) is 18.6 Å². The number of carbonyl (C=O) groups excluding carboxylic acids is 1. The number of halogens is 6. The van der Waals surface area contributed by atoms with Crippen molar-refractivity contribution < 1.29 is 40.6 Å². The van der Waals surface area contributed by atoms with Gasteiger partial charge in [0.15, 0.2) is 0 Å². The first-order valence-corrected chi connectivity index (χ1v) is 13.0. The fourth-order valence-electron chi connectivity index (χ4n) is 5.31. The fraction of sp³-hybridized carbons (Fsp3) is 0.367. The van der Waals surface area contributed by atoms with Crippen molar-refractivity contribution in [3.05, 3.63) is 95.6 Å². The van der Waals surface area contributed by atoms with E-state index in [1.54, 1.807) is 30.3 Å². The lowest BCUT2D eigenvalue weighted by Gasteiger charge is -2.37. The first-order valence-electron chi connectivity index (χ1n) is 13.0. The normalized spacial score (nSPS) is 14.7. The van der Waals surface area contributed by atoms with Crippen LogP contribution in [-0.2, 0) is 16.8 Å². The van der Waals surface area contributed by atoms with Crippen molar-refractivity contribution in [2.45, 2.75) is 63.2 Å². The molecule has 0 bridgehead atoms. The highest BCUT2D eigenvalue weighted by Crippen LogP contribution is 2.39. The largest absolute Gasteiger partial charge is 0.573 e. The third-order valence-corrected chi connectivity index (χ3v) is 7.04. The van der Waals surface area contributed by atoms with Crippen LogP contribution in [0.15, 0.2) is 78.9 Å². The predicted octanol–water partition coefficient (Wildman–Crippen LogP) is 8.06. The molecule has 0 atom stereocenters. The Morgan fingerprint density at radius 3 is 1.77 bits per heavy atom. The fourth-order valence-corrected chi connectivity index (χ4v) is 5.31. The summed E-state index contributed by atoms with van der Waals surface area (Å²) < 4.78 is 86.9. The zero-order valence-electron chi connectivity index (χ0n) is 21.5. The van der Waals surface area contributed by atoms with Crippen molar-refractivity contribution in [1.82, 2.24) is 5.32 Å². The molecule has 1 aliphatic rings. The number of ether oxygens (including phenoxy) is 2. The highest BCUT2D eigenvalue weighted by molar-refractivity contribution is 5.78. The highest BCUT2D eigenvalue weighted by Gasteiger charge is 2.39. The average molecular weight is 566 g/mol. The van der Waals surface area contributed by atoms with Crippen molar-refractivity contribution in [3.8, 4) is 11.5 Å². The van der Waals surface area contributed by atoms with Crippen molar-refractivity contribution in [1.29, 1.82) is 0 Å². The quantitative estimate of drug-likeness (QED) is 0.253. The number of alkyl halides is 6. The van der Waals surface area contributed by atoms with Gasteiger partial charge in [0, 0.05) is 12.8 Å². The topological polar surface area (TPSA) is 47.6 Å². The van der Waals surface area contributed by atoms with E-state index < -0.39 is 29.8 Å². The van der Waals surface area contributed by atoms with Crippen LogP contribution in [0.4, 0.5) is 26.3 Å². The molecular weight excluding hydrogens is 536 g/mol. The lowest BCUT2D eigenvalue weighted by atomic mass is 9.77. The Kier molecular flexibility index (Phi) is 8.95. The van der Waals surface area contributed by atoms with Gasteiger partial charge in [-0.1, -0.05) is 80.3 Å². The molecule has 0 unspecified atom stereocenters. The summed E-state index contributed by atoms with van der Waals surface area (Å²) in [5.74, 6) is -1.01. The molecule has 3 aromatic rings. The van der Waals surface area contributed by atoms with E-state index in [4.69, 9.17) is 0 Å². The second-order valence-electron chi connectivity index (χ2n) is 9.96. The van der Waals surface area contributed by atoms with Gasteiger partial charge in [-0.15, -0.1) is 26.3 Å². The second-order valence-corrected chi connectivity index (χ2v) is 9.96. The molecule has 1 N–H and O–H groups in total. The molecule has 10 heteroatoms. The molecular formula is C30H29F6NO3. The maximum absolute atomic E-state index is 13.4. The predicted molar refractivity (Wildman–Crippen MR) is 137 cm³/mol. The Hall–Kier alpha value is -3.69. The van der Waals surface area contributed by atoms with Crippen LogP contribution in [0, 0.1) is 5.92 Å². The van der Waals surface area contributed by atoms with E-state index >= 15 is 0 Å². The number of rotatable bonds is 10. The van der Waals surface area contributed by atoms with E-state index in [2.05, 4.69) is 14.8 Å². The first kappa shape index (κ1) is 29.3. The van der Waals surface area contributed by atoms with E-state index in [1.165, 1.54) is 24.3 Å². The Balaban J connectivity index is 1.82. The van der Waals surface area contributed by atoms with Crippen molar-refractivity contribution in [2.24, 2.45) is 5.92 Å². The van der Waals surface area contributed by atoms with Gasteiger partial charge in [0.1, 0.15) is 11.5 Å². The molecule has 214 valence electrons.